The summed E-state index contributed by atoms with van der Waals surface area (Å²) >= 11 is 0. The predicted molar refractivity (Wildman–Crippen MR) is 110 cm³/mol. The second-order valence-corrected chi connectivity index (χ2v) is 7.77. The van der Waals surface area contributed by atoms with Crippen LogP contribution in [-0.2, 0) is 17.9 Å². The Labute approximate surface area is 167 Å². The molecule has 152 valence electrons. The molecule has 1 aromatic carbocycles. The SMILES string of the molecule is COc1ccc(CN2CCC(CNC(=O)CCn3nc(C)cc3C)CC2)cc1. The number of aryl methyl sites for hydroxylation is 3. The van der Waals surface area contributed by atoms with Gasteiger partial charge in [0.05, 0.1) is 12.8 Å². The fraction of sp³-hybridized carbons (Fsp3) is 0.545. The third kappa shape index (κ3) is 5.83. The van der Waals surface area contributed by atoms with E-state index in [1.807, 2.05) is 36.7 Å². The number of rotatable bonds is 8. The molecule has 6 heteroatoms. The fourth-order valence-corrected chi connectivity index (χ4v) is 3.79. The lowest BCUT2D eigenvalue weighted by atomic mass is 9.96. The van der Waals surface area contributed by atoms with Gasteiger partial charge in [-0.05, 0) is 69.5 Å². The lowest BCUT2D eigenvalue weighted by Gasteiger charge is -2.32. The van der Waals surface area contributed by atoms with E-state index in [0.717, 1.165) is 56.2 Å². The average Bonchev–Trinajstić information content (AvgIpc) is 3.03. The van der Waals surface area contributed by atoms with Gasteiger partial charge in [-0.15, -0.1) is 0 Å². The second-order valence-electron chi connectivity index (χ2n) is 7.77. The van der Waals surface area contributed by atoms with Crippen LogP contribution in [0.15, 0.2) is 30.3 Å². The number of nitrogens with zero attached hydrogens (tertiary/aromatic N) is 3. The van der Waals surface area contributed by atoms with Crippen molar-refractivity contribution in [3.63, 3.8) is 0 Å². The molecule has 2 heterocycles. The molecule has 0 unspecified atom stereocenters. The summed E-state index contributed by atoms with van der Waals surface area (Å²) in [5.41, 5.74) is 3.42. The molecule has 0 aliphatic carbocycles. The third-order valence-corrected chi connectivity index (χ3v) is 5.51. The second kappa shape index (κ2) is 9.73. The molecular weight excluding hydrogens is 352 g/mol. The van der Waals surface area contributed by atoms with Gasteiger partial charge in [0.25, 0.3) is 0 Å². The van der Waals surface area contributed by atoms with Gasteiger partial charge in [0.1, 0.15) is 5.75 Å². The Morgan fingerprint density at radius 2 is 1.93 bits per heavy atom. The molecule has 1 aliphatic rings. The van der Waals surface area contributed by atoms with Crippen molar-refractivity contribution in [3.8, 4) is 5.75 Å². The molecule has 3 rings (SSSR count). The first-order valence-corrected chi connectivity index (χ1v) is 10.2. The molecule has 2 aromatic rings. The van der Waals surface area contributed by atoms with E-state index in [4.69, 9.17) is 4.74 Å². The minimum Gasteiger partial charge on any atom is -0.497 e. The first-order chi connectivity index (χ1) is 13.5. The molecule has 1 aromatic heterocycles. The Morgan fingerprint density at radius 3 is 2.54 bits per heavy atom. The molecule has 1 N–H and O–H groups in total. The molecule has 0 bridgehead atoms. The van der Waals surface area contributed by atoms with Crippen LogP contribution in [-0.4, -0.2) is 47.3 Å². The molecule has 0 saturated carbocycles. The summed E-state index contributed by atoms with van der Waals surface area (Å²) in [6.45, 7) is 8.57. The van der Waals surface area contributed by atoms with Crippen LogP contribution >= 0.6 is 0 Å². The molecule has 1 saturated heterocycles. The van der Waals surface area contributed by atoms with Gasteiger partial charge < -0.3 is 10.1 Å². The molecule has 1 fully saturated rings. The number of aromatic nitrogens is 2. The summed E-state index contributed by atoms with van der Waals surface area (Å²) in [6, 6.07) is 10.3. The molecule has 0 spiro atoms. The van der Waals surface area contributed by atoms with Crippen molar-refractivity contribution in [1.29, 1.82) is 0 Å². The Balaban J connectivity index is 1.33. The van der Waals surface area contributed by atoms with Crippen molar-refractivity contribution in [3.05, 3.63) is 47.3 Å². The summed E-state index contributed by atoms with van der Waals surface area (Å²) in [7, 11) is 1.69. The smallest absolute Gasteiger partial charge is 0.221 e. The Bertz CT molecular complexity index is 761. The Hall–Kier alpha value is -2.34. The normalized spacial score (nSPS) is 15.5. The highest BCUT2D eigenvalue weighted by Crippen LogP contribution is 2.19. The van der Waals surface area contributed by atoms with Crippen LogP contribution in [0.3, 0.4) is 0 Å². The van der Waals surface area contributed by atoms with Crippen molar-refractivity contribution in [1.82, 2.24) is 20.0 Å². The van der Waals surface area contributed by atoms with Gasteiger partial charge in [-0.3, -0.25) is 14.4 Å². The minimum atomic E-state index is 0.119. The van der Waals surface area contributed by atoms with Crippen LogP contribution in [0.1, 0.15) is 36.2 Å². The molecule has 1 aliphatic heterocycles. The van der Waals surface area contributed by atoms with Crippen LogP contribution in [0.2, 0.25) is 0 Å². The van der Waals surface area contributed by atoms with E-state index in [9.17, 15) is 4.79 Å². The fourth-order valence-electron chi connectivity index (χ4n) is 3.79. The number of piperidine rings is 1. The minimum absolute atomic E-state index is 0.119. The van der Waals surface area contributed by atoms with E-state index < -0.39 is 0 Å². The number of methoxy groups -OCH3 is 1. The van der Waals surface area contributed by atoms with Crippen molar-refractivity contribution in [2.75, 3.05) is 26.7 Å². The summed E-state index contributed by atoms with van der Waals surface area (Å²) in [6.07, 6.45) is 2.75. The van der Waals surface area contributed by atoms with E-state index in [1.165, 1.54) is 5.56 Å². The molecular formula is C22H32N4O2. The van der Waals surface area contributed by atoms with Crippen molar-refractivity contribution < 1.29 is 9.53 Å². The summed E-state index contributed by atoms with van der Waals surface area (Å²) in [5, 5.41) is 7.52. The topological polar surface area (TPSA) is 59.4 Å². The van der Waals surface area contributed by atoms with Crippen LogP contribution in [0.5, 0.6) is 5.75 Å². The monoisotopic (exact) mass is 384 g/mol. The third-order valence-electron chi connectivity index (χ3n) is 5.51. The lowest BCUT2D eigenvalue weighted by molar-refractivity contribution is -0.121. The van der Waals surface area contributed by atoms with Gasteiger partial charge in [-0.2, -0.15) is 5.10 Å². The number of nitrogens with one attached hydrogen (secondary N) is 1. The lowest BCUT2D eigenvalue weighted by Crippen LogP contribution is -2.38. The van der Waals surface area contributed by atoms with Gasteiger partial charge in [0.2, 0.25) is 5.91 Å². The number of likely N-dealkylation sites (tertiary alicyclic amines) is 1. The zero-order valence-electron chi connectivity index (χ0n) is 17.3. The van der Waals surface area contributed by atoms with Crippen LogP contribution in [0, 0.1) is 19.8 Å². The van der Waals surface area contributed by atoms with E-state index in [-0.39, 0.29) is 5.91 Å². The summed E-state index contributed by atoms with van der Waals surface area (Å²) in [4.78, 5) is 14.7. The number of benzene rings is 1. The number of hydrogen-bond acceptors (Lipinski definition) is 4. The zero-order valence-corrected chi connectivity index (χ0v) is 17.3. The summed E-state index contributed by atoms with van der Waals surface area (Å²) in [5.74, 6) is 1.59. The van der Waals surface area contributed by atoms with E-state index >= 15 is 0 Å². The predicted octanol–water partition coefficient (Wildman–Crippen LogP) is 2.93. The quantitative estimate of drug-likeness (QED) is 0.760. The Morgan fingerprint density at radius 1 is 1.21 bits per heavy atom. The largest absolute Gasteiger partial charge is 0.497 e. The van der Waals surface area contributed by atoms with Gasteiger partial charge in [-0.25, -0.2) is 0 Å². The summed E-state index contributed by atoms with van der Waals surface area (Å²) < 4.78 is 7.13. The first kappa shape index (κ1) is 20.4. The average molecular weight is 385 g/mol. The van der Waals surface area contributed by atoms with Crippen molar-refractivity contribution in [2.24, 2.45) is 5.92 Å². The van der Waals surface area contributed by atoms with Crippen LogP contribution in [0.4, 0.5) is 0 Å². The first-order valence-electron chi connectivity index (χ1n) is 10.2. The maximum atomic E-state index is 12.2. The van der Waals surface area contributed by atoms with Crippen LogP contribution < -0.4 is 10.1 Å². The maximum Gasteiger partial charge on any atom is 0.221 e. The Kier molecular flexibility index (Phi) is 7.09. The number of amides is 1. The highest BCUT2D eigenvalue weighted by atomic mass is 16.5. The van der Waals surface area contributed by atoms with E-state index in [1.54, 1.807) is 7.11 Å². The van der Waals surface area contributed by atoms with Crippen molar-refractivity contribution in [2.45, 2.75) is 46.2 Å². The standard InChI is InChI=1S/C22H32N4O2/c1-17-14-18(2)26(24-17)13-10-22(27)23-15-19-8-11-25(12-9-19)16-20-4-6-21(28-3)7-5-20/h4-7,14,19H,8-13,15-16H2,1-3H3,(H,23,27). The molecule has 28 heavy (non-hydrogen) atoms. The van der Waals surface area contributed by atoms with Crippen LogP contribution in [0.25, 0.3) is 0 Å². The molecule has 1 amide bonds. The molecule has 0 atom stereocenters. The van der Waals surface area contributed by atoms with Gasteiger partial charge in [0, 0.05) is 31.7 Å². The number of carbonyl (C=O) groups excluding carboxylic acids is 1. The van der Waals surface area contributed by atoms with Gasteiger partial charge in [-0.1, -0.05) is 12.1 Å². The number of carbonyl (C=O) groups is 1. The van der Waals surface area contributed by atoms with Gasteiger partial charge in [0.15, 0.2) is 0 Å². The molecule has 0 radical (unpaired) electrons. The number of ether oxygens (including phenoxy) is 1. The molecule has 6 nitrogen and oxygen atoms in total. The maximum absolute atomic E-state index is 12.2. The van der Waals surface area contributed by atoms with Crippen molar-refractivity contribution >= 4 is 5.91 Å². The van der Waals surface area contributed by atoms with E-state index in [0.29, 0.717) is 18.9 Å². The highest BCUT2D eigenvalue weighted by Gasteiger charge is 2.19. The number of hydrogen-bond donors (Lipinski definition) is 1. The van der Waals surface area contributed by atoms with E-state index in [2.05, 4.69) is 27.4 Å². The zero-order chi connectivity index (χ0) is 19.9. The highest BCUT2D eigenvalue weighted by molar-refractivity contribution is 5.75. The van der Waals surface area contributed by atoms with Gasteiger partial charge >= 0.3 is 0 Å².